The van der Waals surface area contributed by atoms with Crippen LogP contribution in [-0.2, 0) is 4.79 Å². The molecule has 0 spiro atoms. The van der Waals surface area contributed by atoms with Gasteiger partial charge in [0.1, 0.15) is 5.60 Å². The highest BCUT2D eigenvalue weighted by Gasteiger charge is 2.28. The Morgan fingerprint density at radius 3 is 1.89 bits per heavy atom. The van der Waals surface area contributed by atoms with Gasteiger partial charge >= 0.3 is 0 Å². The van der Waals surface area contributed by atoms with Gasteiger partial charge in [-0.25, -0.2) is 0 Å². The summed E-state index contributed by atoms with van der Waals surface area (Å²) < 4.78 is 0. The van der Waals surface area contributed by atoms with Gasteiger partial charge in [-0.1, -0.05) is 0 Å². The third kappa shape index (κ3) is 1.74. The van der Waals surface area contributed by atoms with Crippen LogP contribution in [0.2, 0.25) is 0 Å². The van der Waals surface area contributed by atoms with Crippen LogP contribution in [-0.4, -0.2) is 29.6 Å². The first-order chi connectivity index (χ1) is 4.06. The summed E-state index contributed by atoms with van der Waals surface area (Å²) in [6, 6.07) is 0. The van der Waals surface area contributed by atoms with Gasteiger partial charge in [-0.05, 0) is 6.92 Å². The molecule has 4 heteroatoms. The zero-order valence-electron chi connectivity index (χ0n) is 5.42. The number of carbonyl (C=O) groups is 1. The Bertz CT molecular complexity index is 110. The summed E-state index contributed by atoms with van der Waals surface area (Å²) in [5, 5.41) is 9.11. The van der Waals surface area contributed by atoms with E-state index in [1.54, 1.807) is 0 Å². The molecule has 54 valence electrons. The molecule has 0 bridgehead atoms. The first-order valence-electron chi connectivity index (χ1n) is 2.70. The van der Waals surface area contributed by atoms with Crippen molar-refractivity contribution in [2.24, 2.45) is 11.5 Å². The summed E-state index contributed by atoms with van der Waals surface area (Å²) in [7, 11) is 0. The highest BCUT2D eigenvalue weighted by atomic mass is 16.3. The molecule has 0 atom stereocenters. The molecule has 5 N–H and O–H groups in total. The maximum atomic E-state index is 10.5. The van der Waals surface area contributed by atoms with E-state index in [9.17, 15) is 4.79 Å². The summed E-state index contributed by atoms with van der Waals surface area (Å²) in [5.74, 6) is -0.382. The summed E-state index contributed by atoms with van der Waals surface area (Å²) in [4.78, 5) is 10.5. The van der Waals surface area contributed by atoms with E-state index in [1.807, 2.05) is 0 Å². The maximum absolute atomic E-state index is 10.5. The molecule has 0 aliphatic heterocycles. The number of hydrogen-bond donors (Lipinski definition) is 3. The van der Waals surface area contributed by atoms with E-state index >= 15 is 0 Å². The van der Waals surface area contributed by atoms with Crippen LogP contribution in [0.25, 0.3) is 0 Å². The van der Waals surface area contributed by atoms with Crippen molar-refractivity contribution < 1.29 is 9.90 Å². The average molecular weight is 132 g/mol. The van der Waals surface area contributed by atoms with E-state index < -0.39 is 5.60 Å². The minimum Gasteiger partial charge on any atom is -0.379 e. The topological polar surface area (TPSA) is 89.3 Å². The third-order valence-corrected chi connectivity index (χ3v) is 1.33. The second-order valence-corrected chi connectivity index (χ2v) is 2.00. The van der Waals surface area contributed by atoms with Crippen LogP contribution in [0.3, 0.4) is 0 Å². The molecule has 0 rings (SSSR count). The van der Waals surface area contributed by atoms with Crippen LogP contribution in [0.15, 0.2) is 0 Å². The normalized spacial score (nSPS) is 11.6. The Hall–Kier alpha value is -0.450. The number of nitrogens with two attached hydrogens (primary N) is 2. The molecule has 9 heavy (non-hydrogen) atoms. The zero-order chi connectivity index (χ0) is 7.49. The number of hydrogen-bond acceptors (Lipinski definition) is 4. The van der Waals surface area contributed by atoms with E-state index in [1.165, 1.54) is 6.92 Å². The van der Waals surface area contributed by atoms with E-state index in [4.69, 9.17) is 16.6 Å². The van der Waals surface area contributed by atoms with Gasteiger partial charge in [-0.2, -0.15) is 0 Å². The Morgan fingerprint density at radius 2 is 1.89 bits per heavy atom. The highest BCUT2D eigenvalue weighted by Crippen LogP contribution is 1.99. The molecule has 0 aliphatic rings. The smallest absolute Gasteiger partial charge is 0.163 e. The molecule has 0 aromatic rings. The standard InChI is InChI=1S/C5H12N2O2/c1-4(8)5(9,2-6)3-7/h9H,2-3,6-7H2,1H3. The van der Waals surface area contributed by atoms with Crippen molar-refractivity contribution in [3.63, 3.8) is 0 Å². The van der Waals surface area contributed by atoms with Gasteiger partial charge in [0.05, 0.1) is 0 Å². The summed E-state index contributed by atoms with van der Waals surface area (Å²) in [6.07, 6.45) is 0. The third-order valence-electron chi connectivity index (χ3n) is 1.33. The molecule has 0 aromatic carbocycles. The molecule has 0 unspecified atom stereocenters. The molecule has 0 aliphatic carbocycles. The van der Waals surface area contributed by atoms with Crippen molar-refractivity contribution >= 4 is 5.78 Å². The van der Waals surface area contributed by atoms with Crippen molar-refractivity contribution in [1.82, 2.24) is 0 Å². The summed E-state index contributed by atoms with van der Waals surface area (Å²) >= 11 is 0. The van der Waals surface area contributed by atoms with E-state index in [0.717, 1.165) is 0 Å². The predicted octanol–water partition coefficient (Wildman–Crippen LogP) is -1.78. The Kier molecular flexibility index (Phi) is 2.76. The van der Waals surface area contributed by atoms with Crippen LogP contribution in [0, 0.1) is 0 Å². The second kappa shape index (κ2) is 2.91. The lowest BCUT2D eigenvalue weighted by Gasteiger charge is -2.19. The number of rotatable bonds is 3. The minimum absolute atomic E-state index is 0.112. The summed E-state index contributed by atoms with van der Waals surface area (Å²) in [5.41, 5.74) is 8.64. The van der Waals surface area contributed by atoms with Gasteiger partial charge in [0, 0.05) is 13.1 Å². The Labute approximate surface area is 53.8 Å². The molecule has 0 saturated carbocycles. The number of carbonyl (C=O) groups excluding carboxylic acids is 1. The molecular formula is C5H12N2O2. The molecule has 0 aromatic heterocycles. The van der Waals surface area contributed by atoms with Crippen molar-refractivity contribution in [1.29, 1.82) is 0 Å². The average Bonchev–Trinajstić information content (AvgIpc) is 1.86. The van der Waals surface area contributed by atoms with E-state index in [2.05, 4.69) is 0 Å². The van der Waals surface area contributed by atoms with Crippen LogP contribution in [0.1, 0.15) is 6.92 Å². The number of aliphatic hydroxyl groups is 1. The Balaban J connectivity index is 4.09. The highest BCUT2D eigenvalue weighted by molar-refractivity contribution is 5.85. The maximum Gasteiger partial charge on any atom is 0.163 e. The van der Waals surface area contributed by atoms with Crippen molar-refractivity contribution in [2.45, 2.75) is 12.5 Å². The Morgan fingerprint density at radius 1 is 1.56 bits per heavy atom. The van der Waals surface area contributed by atoms with Crippen molar-refractivity contribution in [3.8, 4) is 0 Å². The fourth-order valence-corrected chi connectivity index (χ4v) is 0.371. The molecule has 0 radical (unpaired) electrons. The van der Waals surface area contributed by atoms with Crippen LogP contribution in [0.5, 0.6) is 0 Å². The molecule has 0 heterocycles. The summed E-state index contributed by atoms with van der Waals surface area (Å²) in [6.45, 7) is 1.04. The predicted molar refractivity (Wildman–Crippen MR) is 33.7 cm³/mol. The van der Waals surface area contributed by atoms with Crippen LogP contribution >= 0.6 is 0 Å². The fraction of sp³-hybridized carbons (Fsp3) is 0.800. The van der Waals surface area contributed by atoms with E-state index in [-0.39, 0.29) is 18.9 Å². The van der Waals surface area contributed by atoms with Gasteiger partial charge in [-0.3, -0.25) is 4.79 Å². The lowest BCUT2D eigenvalue weighted by Crippen LogP contribution is -2.50. The van der Waals surface area contributed by atoms with E-state index in [0.29, 0.717) is 0 Å². The monoisotopic (exact) mass is 132 g/mol. The lowest BCUT2D eigenvalue weighted by atomic mass is 10.0. The first-order valence-corrected chi connectivity index (χ1v) is 2.70. The number of ketones is 1. The molecule has 0 amide bonds. The largest absolute Gasteiger partial charge is 0.379 e. The van der Waals surface area contributed by atoms with Crippen LogP contribution < -0.4 is 11.5 Å². The van der Waals surface area contributed by atoms with Gasteiger partial charge in [-0.15, -0.1) is 0 Å². The van der Waals surface area contributed by atoms with Crippen LogP contribution in [0.4, 0.5) is 0 Å². The molecule has 0 fully saturated rings. The molecule has 0 saturated heterocycles. The van der Waals surface area contributed by atoms with Crippen molar-refractivity contribution in [2.75, 3.05) is 13.1 Å². The van der Waals surface area contributed by atoms with Gasteiger partial charge in [0.2, 0.25) is 0 Å². The zero-order valence-corrected chi connectivity index (χ0v) is 5.42. The quantitative estimate of drug-likeness (QED) is 0.423. The molecule has 4 nitrogen and oxygen atoms in total. The van der Waals surface area contributed by atoms with Gasteiger partial charge in [0.25, 0.3) is 0 Å². The second-order valence-electron chi connectivity index (χ2n) is 2.00. The SMILES string of the molecule is CC(=O)C(O)(CN)CN. The fourth-order valence-electron chi connectivity index (χ4n) is 0.371. The van der Waals surface area contributed by atoms with Gasteiger partial charge in [0.15, 0.2) is 5.78 Å². The number of Topliss-reactive ketones (excluding diaryl/α,β-unsaturated/α-hetero) is 1. The first kappa shape index (κ1) is 8.55. The molecular weight excluding hydrogens is 120 g/mol. The minimum atomic E-state index is -1.50. The lowest BCUT2D eigenvalue weighted by molar-refractivity contribution is -0.133. The van der Waals surface area contributed by atoms with Crippen molar-refractivity contribution in [3.05, 3.63) is 0 Å². The van der Waals surface area contributed by atoms with Gasteiger partial charge < -0.3 is 16.6 Å².